The van der Waals surface area contributed by atoms with Gasteiger partial charge in [-0.15, -0.1) is 6.58 Å². The SMILES string of the molecule is C=CCn1c(N/N=C(/C)CCCC)nc2c1c(=O)[nH]c(=O)n2C. The topological polar surface area (TPSA) is 97.1 Å². The molecule has 124 valence electrons. The Balaban J connectivity index is 2.51. The molecule has 0 bridgehead atoms. The zero-order valence-electron chi connectivity index (χ0n) is 13.7. The molecule has 2 aromatic rings. The number of H-pyrrole nitrogens is 1. The lowest BCUT2D eigenvalue weighted by molar-refractivity contribution is 0.818. The van der Waals surface area contributed by atoms with E-state index in [1.54, 1.807) is 17.7 Å². The van der Waals surface area contributed by atoms with Gasteiger partial charge in [-0.3, -0.25) is 18.9 Å². The number of nitrogens with one attached hydrogen (secondary N) is 2. The fraction of sp³-hybridized carbons (Fsp3) is 0.467. The lowest BCUT2D eigenvalue weighted by atomic mass is 10.2. The Morgan fingerprint density at radius 3 is 2.87 bits per heavy atom. The van der Waals surface area contributed by atoms with Crippen LogP contribution in [0.1, 0.15) is 33.1 Å². The van der Waals surface area contributed by atoms with E-state index in [1.165, 1.54) is 4.57 Å². The van der Waals surface area contributed by atoms with Gasteiger partial charge in [-0.05, 0) is 19.8 Å². The quantitative estimate of drug-likeness (QED) is 0.460. The molecular weight excluding hydrogens is 296 g/mol. The van der Waals surface area contributed by atoms with Crippen LogP contribution in [0.3, 0.4) is 0 Å². The first-order valence-corrected chi connectivity index (χ1v) is 7.59. The second-order valence-electron chi connectivity index (χ2n) is 5.39. The van der Waals surface area contributed by atoms with Gasteiger partial charge >= 0.3 is 5.69 Å². The molecule has 0 amide bonds. The van der Waals surface area contributed by atoms with E-state index in [2.05, 4.69) is 34.0 Å². The van der Waals surface area contributed by atoms with Crippen molar-refractivity contribution in [3.63, 3.8) is 0 Å². The van der Waals surface area contributed by atoms with Crippen LogP contribution in [0, 0.1) is 0 Å². The lowest BCUT2D eigenvalue weighted by Crippen LogP contribution is -2.29. The van der Waals surface area contributed by atoms with Crippen LogP contribution < -0.4 is 16.7 Å². The summed E-state index contributed by atoms with van der Waals surface area (Å²) in [5.74, 6) is 0.405. The number of hydrogen-bond donors (Lipinski definition) is 2. The van der Waals surface area contributed by atoms with Crippen LogP contribution in [-0.4, -0.2) is 24.8 Å². The summed E-state index contributed by atoms with van der Waals surface area (Å²) < 4.78 is 2.95. The summed E-state index contributed by atoms with van der Waals surface area (Å²) in [5, 5.41) is 4.30. The molecule has 0 saturated carbocycles. The first kappa shape index (κ1) is 16.7. The standard InChI is InChI=1S/C15H22N6O2/c1-5-7-8-10(3)18-19-14-16-12-11(21(14)9-6-2)13(22)17-15(23)20(12)4/h6H,2,5,7-9H2,1,3-4H3,(H,16,19)(H,17,22,23)/b18-10-. The molecule has 0 aromatic carbocycles. The number of aromatic amines is 1. The maximum absolute atomic E-state index is 12.1. The Kier molecular flexibility index (Phi) is 5.15. The van der Waals surface area contributed by atoms with E-state index in [4.69, 9.17) is 0 Å². The highest BCUT2D eigenvalue weighted by atomic mass is 16.2. The van der Waals surface area contributed by atoms with Gasteiger partial charge in [0.2, 0.25) is 5.95 Å². The molecule has 0 atom stereocenters. The van der Waals surface area contributed by atoms with E-state index >= 15 is 0 Å². The molecule has 8 nitrogen and oxygen atoms in total. The summed E-state index contributed by atoms with van der Waals surface area (Å²) >= 11 is 0. The minimum absolute atomic E-state index is 0.310. The number of imidazole rings is 1. The molecule has 0 aliphatic rings. The van der Waals surface area contributed by atoms with Crippen LogP contribution in [0.2, 0.25) is 0 Å². The number of allylic oxidation sites excluding steroid dienone is 1. The Bertz CT molecular complexity index is 855. The van der Waals surface area contributed by atoms with Crippen LogP contribution in [0.5, 0.6) is 0 Å². The molecule has 2 heterocycles. The number of nitrogens with zero attached hydrogens (tertiary/aromatic N) is 4. The van der Waals surface area contributed by atoms with E-state index in [9.17, 15) is 9.59 Å². The maximum atomic E-state index is 12.1. The Morgan fingerprint density at radius 2 is 2.22 bits per heavy atom. The van der Waals surface area contributed by atoms with Crippen LogP contribution >= 0.6 is 0 Å². The van der Waals surface area contributed by atoms with E-state index in [0.717, 1.165) is 25.0 Å². The molecule has 2 N–H and O–H groups in total. The van der Waals surface area contributed by atoms with Gasteiger partial charge in [0.25, 0.3) is 5.56 Å². The number of aryl methyl sites for hydroxylation is 1. The van der Waals surface area contributed by atoms with Gasteiger partial charge in [-0.25, -0.2) is 10.2 Å². The number of fused-ring (bicyclic) bond motifs is 1. The number of hydrazone groups is 1. The molecule has 2 rings (SSSR count). The molecule has 0 radical (unpaired) electrons. The lowest BCUT2D eigenvalue weighted by Gasteiger charge is -2.05. The first-order chi connectivity index (χ1) is 11.0. The van der Waals surface area contributed by atoms with Crippen molar-refractivity contribution in [2.24, 2.45) is 12.1 Å². The van der Waals surface area contributed by atoms with Crippen molar-refractivity contribution in [2.75, 3.05) is 5.43 Å². The van der Waals surface area contributed by atoms with Crippen molar-refractivity contribution in [1.82, 2.24) is 19.1 Å². The van der Waals surface area contributed by atoms with Crippen LogP contribution in [0.4, 0.5) is 5.95 Å². The van der Waals surface area contributed by atoms with Gasteiger partial charge < -0.3 is 0 Å². The van der Waals surface area contributed by atoms with Crippen LogP contribution in [0.15, 0.2) is 27.3 Å². The van der Waals surface area contributed by atoms with Gasteiger partial charge in [0.05, 0.1) is 0 Å². The molecule has 0 unspecified atom stereocenters. The molecule has 0 saturated heterocycles. The smallest absolute Gasteiger partial charge is 0.299 e. The number of aromatic nitrogens is 4. The van der Waals surface area contributed by atoms with Crippen molar-refractivity contribution in [3.05, 3.63) is 33.5 Å². The van der Waals surface area contributed by atoms with Gasteiger partial charge in [0.1, 0.15) is 0 Å². The van der Waals surface area contributed by atoms with Gasteiger partial charge in [-0.1, -0.05) is 19.4 Å². The third-order valence-corrected chi connectivity index (χ3v) is 3.56. The monoisotopic (exact) mass is 318 g/mol. The number of unbranched alkanes of at least 4 members (excludes halogenated alkanes) is 1. The molecule has 0 aliphatic carbocycles. The predicted octanol–water partition coefficient (Wildman–Crippen LogP) is 1.59. The molecule has 0 aliphatic heterocycles. The van der Waals surface area contributed by atoms with Crippen molar-refractivity contribution in [1.29, 1.82) is 0 Å². The maximum Gasteiger partial charge on any atom is 0.329 e. The Morgan fingerprint density at radius 1 is 1.48 bits per heavy atom. The minimum Gasteiger partial charge on any atom is -0.299 e. The summed E-state index contributed by atoms with van der Waals surface area (Å²) in [7, 11) is 1.56. The predicted molar refractivity (Wildman–Crippen MR) is 92.0 cm³/mol. The molecular formula is C15H22N6O2. The van der Waals surface area contributed by atoms with Crippen LogP contribution in [0.25, 0.3) is 11.2 Å². The fourth-order valence-electron chi connectivity index (χ4n) is 2.26. The molecule has 0 fully saturated rings. The fourth-order valence-corrected chi connectivity index (χ4v) is 2.26. The van der Waals surface area contributed by atoms with E-state index in [0.29, 0.717) is 23.7 Å². The number of anilines is 1. The highest BCUT2D eigenvalue weighted by Crippen LogP contribution is 2.15. The van der Waals surface area contributed by atoms with Gasteiger partial charge in [0, 0.05) is 19.3 Å². The summed E-state index contributed by atoms with van der Waals surface area (Å²) in [6, 6.07) is 0. The Labute approximate surface area is 133 Å². The van der Waals surface area contributed by atoms with E-state index in [1.807, 2.05) is 6.92 Å². The second-order valence-corrected chi connectivity index (χ2v) is 5.39. The van der Waals surface area contributed by atoms with E-state index in [-0.39, 0.29) is 0 Å². The average Bonchev–Trinajstić information content (AvgIpc) is 2.88. The van der Waals surface area contributed by atoms with Crippen molar-refractivity contribution in [3.8, 4) is 0 Å². The molecule has 23 heavy (non-hydrogen) atoms. The molecule has 0 spiro atoms. The highest BCUT2D eigenvalue weighted by Gasteiger charge is 2.16. The summed E-state index contributed by atoms with van der Waals surface area (Å²) in [6.07, 6.45) is 4.71. The zero-order chi connectivity index (χ0) is 17.0. The van der Waals surface area contributed by atoms with Crippen LogP contribution in [-0.2, 0) is 13.6 Å². The van der Waals surface area contributed by atoms with Crippen molar-refractivity contribution >= 4 is 22.8 Å². The normalized spacial score (nSPS) is 11.9. The second kappa shape index (κ2) is 7.08. The third kappa shape index (κ3) is 3.41. The van der Waals surface area contributed by atoms with E-state index < -0.39 is 11.2 Å². The first-order valence-electron chi connectivity index (χ1n) is 7.59. The molecule has 2 aromatic heterocycles. The van der Waals surface area contributed by atoms with Gasteiger partial charge in [0.15, 0.2) is 11.2 Å². The largest absolute Gasteiger partial charge is 0.329 e. The molecule has 8 heteroatoms. The number of rotatable bonds is 7. The summed E-state index contributed by atoms with van der Waals surface area (Å²) in [4.78, 5) is 30.4. The third-order valence-electron chi connectivity index (χ3n) is 3.56. The average molecular weight is 318 g/mol. The number of hydrogen-bond acceptors (Lipinski definition) is 5. The Hall–Kier alpha value is -2.64. The summed E-state index contributed by atoms with van der Waals surface area (Å²) in [5.41, 5.74) is 3.50. The van der Waals surface area contributed by atoms with Gasteiger partial charge in [-0.2, -0.15) is 10.1 Å². The van der Waals surface area contributed by atoms with Crippen molar-refractivity contribution in [2.45, 2.75) is 39.7 Å². The minimum atomic E-state index is -0.500. The highest BCUT2D eigenvalue weighted by molar-refractivity contribution is 5.82. The van der Waals surface area contributed by atoms with Crippen molar-refractivity contribution < 1.29 is 0 Å². The zero-order valence-corrected chi connectivity index (χ0v) is 13.7. The summed E-state index contributed by atoms with van der Waals surface area (Å²) in [6.45, 7) is 8.13.